The number of aromatic nitrogens is 1. The van der Waals surface area contributed by atoms with Gasteiger partial charge in [0.15, 0.2) is 11.7 Å². The third-order valence-corrected chi connectivity index (χ3v) is 6.71. The summed E-state index contributed by atoms with van der Waals surface area (Å²) in [6.45, 7) is 8.45. The first-order chi connectivity index (χ1) is 14.8. The summed E-state index contributed by atoms with van der Waals surface area (Å²) in [6, 6.07) is 22.5. The number of anilines is 1. The summed E-state index contributed by atoms with van der Waals surface area (Å²) in [4.78, 5) is 16.9. The number of carbonyl (C=O) groups is 1. The number of rotatable bonds is 6. The van der Waals surface area contributed by atoms with Gasteiger partial charge in [0.1, 0.15) is 5.75 Å². The summed E-state index contributed by atoms with van der Waals surface area (Å²) in [6.07, 6.45) is 0. The zero-order chi connectivity index (χ0) is 22.0. The van der Waals surface area contributed by atoms with Crippen LogP contribution >= 0.6 is 11.3 Å². The molecule has 5 heteroatoms. The number of ether oxygens (including phenoxy) is 1. The van der Waals surface area contributed by atoms with Gasteiger partial charge in [-0.3, -0.25) is 10.1 Å². The molecule has 0 unspecified atom stereocenters. The maximum atomic E-state index is 12.4. The second-order valence-corrected chi connectivity index (χ2v) is 9.26. The minimum atomic E-state index is -0.220. The first-order valence-electron chi connectivity index (χ1n) is 10.3. The standard InChI is InChI=1S/C26H26N2O2S/c1-17-10-15-22-24(18(17)2)28-25(31-22)27-23(29)16-30-21-13-11-20(12-14-21)26(3,4)19-8-6-5-7-9-19/h5-15H,16H2,1-4H3,(H,27,28,29). The third kappa shape index (κ3) is 4.47. The molecule has 1 amide bonds. The van der Waals surface area contributed by atoms with E-state index in [1.54, 1.807) is 0 Å². The molecular formula is C26H26N2O2S. The highest BCUT2D eigenvalue weighted by Gasteiger charge is 2.22. The summed E-state index contributed by atoms with van der Waals surface area (Å²) >= 11 is 1.47. The van der Waals surface area contributed by atoms with Gasteiger partial charge >= 0.3 is 0 Å². The quantitative estimate of drug-likeness (QED) is 0.393. The Labute approximate surface area is 186 Å². The molecule has 4 nitrogen and oxygen atoms in total. The van der Waals surface area contributed by atoms with Crippen molar-refractivity contribution in [3.05, 3.63) is 89.0 Å². The number of hydrogen-bond donors (Lipinski definition) is 1. The number of nitrogens with one attached hydrogen (secondary N) is 1. The minimum Gasteiger partial charge on any atom is -0.484 e. The highest BCUT2D eigenvalue weighted by Crippen LogP contribution is 2.32. The number of carbonyl (C=O) groups excluding carboxylic acids is 1. The fourth-order valence-electron chi connectivity index (χ4n) is 3.57. The van der Waals surface area contributed by atoms with E-state index < -0.39 is 0 Å². The molecule has 4 aromatic rings. The van der Waals surface area contributed by atoms with Gasteiger partial charge in [-0.25, -0.2) is 4.98 Å². The molecule has 0 fully saturated rings. The third-order valence-electron chi connectivity index (χ3n) is 5.77. The highest BCUT2D eigenvalue weighted by atomic mass is 32.1. The van der Waals surface area contributed by atoms with Gasteiger partial charge in [0.2, 0.25) is 0 Å². The number of amides is 1. The molecule has 0 saturated heterocycles. The van der Waals surface area contributed by atoms with Crippen molar-refractivity contribution in [2.24, 2.45) is 0 Å². The average Bonchev–Trinajstić information content (AvgIpc) is 3.19. The summed E-state index contributed by atoms with van der Waals surface area (Å²) in [7, 11) is 0. The van der Waals surface area contributed by atoms with Gasteiger partial charge < -0.3 is 4.74 Å². The predicted molar refractivity (Wildman–Crippen MR) is 128 cm³/mol. The van der Waals surface area contributed by atoms with E-state index in [1.165, 1.54) is 28.0 Å². The van der Waals surface area contributed by atoms with E-state index in [9.17, 15) is 4.79 Å². The lowest BCUT2D eigenvalue weighted by Gasteiger charge is -2.26. The van der Waals surface area contributed by atoms with Crippen molar-refractivity contribution in [2.45, 2.75) is 33.1 Å². The van der Waals surface area contributed by atoms with Crippen LogP contribution in [0.2, 0.25) is 0 Å². The molecule has 1 heterocycles. The van der Waals surface area contributed by atoms with Crippen molar-refractivity contribution in [1.82, 2.24) is 4.98 Å². The molecule has 0 radical (unpaired) electrons. The van der Waals surface area contributed by atoms with Crippen LogP contribution < -0.4 is 10.1 Å². The molecule has 0 spiro atoms. The summed E-state index contributed by atoms with van der Waals surface area (Å²) < 4.78 is 6.76. The normalized spacial score (nSPS) is 11.5. The van der Waals surface area contributed by atoms with Crippen LogP contribution in [-0.4, -0.2) is 17.5 Å². The Morgan fingerprint density at radius 3 is 2.35 bits per heavy atom. The Morgan fingerprint density at radius 1 is 0.968 bits per heavy atom. The average molecular weight is 431 g/mol. The van der Waals surface area contributed by atoms with E-state index in [0.717, 1.165) is 15.8 Å². The van der Waals surface area contributed by atoms with Gasteiger partial charge in [-0.15, -0.1) is 0 Å². The van der Waals surface area contributed by atoms with E-state index in [2.05, 4.69) is 80.5 Å². The van der Waals surface area contributed by atoms with E-state index in [-0.39, 0.29) is 17.9 Å². The molecule has 1 aromatic heterocycles. The Balaban J connectivity index is 1.38. The molecule has 0 saturated carbocycles. The van der Waals surface area contributed by atoms with Crippen molar-refractivity contribution in [1.29, 1.82) is 0 Å². The Morgan fingerprint density at radius 2 is 1.65 bits per heavy atom. The number of aryl methyl sites for hydroxylation is 2. The van der Waals surface area contributed by atoms with Crippen LogP contribution in [0.4, 0.5) is 5.13 Å². The lowest BCUT2D eigenvalue weighted by molar-refractivity contribution is -0.118. The summed E-state index contributed by atoms with van der Waals surface area (Å²) in [5.41, 5.74) is 5.61. The molecule has 0 aliphatic carbocycles. The van der Waals surface area contributed by atoms with Gasteiger partial charge in [0.05, 0.1) is 10.2 Å². The summed E-state index contributed by atoms with van der Waals surface area (Å²) in [5.74, 6) is 0.445. The largest absolute Gasteiger partial charge is 0.484 e. The Hall–Kier alpha value is -3.18. The zero-order valence-electron chi connectivity index (χ0n) is 18.2. The minimum absolute atomic E-state index is 0.0602. The van der Waals surface area contributed by atoms with Crippen molar-refractivity contribution < 1.29 is 9.53 Å². The van der Waals surface area contributed by atoms with Crippen LogP contribution in [0, 0.1) is 13.8 Å². The van der Waals surface area contributed by atoms with Crippen molar-refractivity contribution in [3.63, 3.8) is 0 Å². The first kappa shape index (κ1) is 21.1. The number of thiazole rings is 1. The van der Waals surface area contributed by atoms with Crippen molar-refractivity contribution in [3.8, 4) is 5.75 Å². The fraction of sp³-hybridized carbons (Fsp3) is 0.231. The second kappa shape index (κ2) is 8.52. The molecule has 31 heavy (non-hydrogen) atoms. The SMILES string of the molecule is Cc1ccc2sc(NC(=O)COc3ccc(C(C)(C)c4ccccc4)cc3)nc2c1C. The monoisotopic (exact) mass is 430 g/mol. The van der Waals surface area contributed by atoms with E-state index in [1.807, 2.05) is 24.3 Å². The van der Waals surface area contributed by atoms with E-state index in [0.29, 0.717) is 10.9 Å². The molecule has 0 aliphatic heterocycles. The van der Waals surface area contributed by atoms with Crippen molar-refractivity contribution >= 4 is 32.6 Å². The van der Waals surface area contributed by atoms with Crippen LogP contribution in [0.15, 0.2) is 66.7 Å². The zero-order valence-corrected chi connectivity index (χ0v) is 19.0. The van der Waals surface area contributed by atoms with E-state index >= 15 is 0 Å². The van der Waals surface area contributed by atoms with Gasteiger partial charge in [0, 0.05) is 5.41 Å². The molecule has 4 rings (SSSR count). The van der Waals surface area contributed by atoms with E-state index in [4.69, 9.17) is 4.74 Å². The van der Waals surface area contributed by atoms with Gasteiger partial charge in [-0.2, -0.15) is 0 Å². The smallest absolute Gasteiger partial charge is 0.264 e. The van der Waals surface area contributed by atoms with Crippen LogP contribution in [0.25, 0.3) is 10.2 Å². The molecular weight excluding hydrogens is 404 g/mol. The van der Waals surface area contributed by atoms with Crippen LogP contribution in [0.1, 0.15) is 36.1 Å². The summed E-state index contributed by atoms with van der Waals surface area (Å²) in [5, 5.41) is 3.44. The molecule has 3 aromatic carbocycles. The van der Waals surface area contributed by atoms with Gasteiger partial charge in [-0.05, 0) is 54.3 Å². The Kier molecular flexibility index (Phi) is 5.79. The lowest BCUT2D eigenvalue weighted by Crippen LogP contribution is -2.20. The maximum absolute atomic E-state index is 12.4. The second-order valence-electron chi connectivity index (χ2n) is 8.23. The topological polar surface area (TPSA) is 51.2 Å². The maximum Gasteiger partial charge on any atom is 0.264 e. The Bertz CT molecular complexity index is 1210. The van der Waals surface area contributed by atoms with Crippen molar-refractivity contribution in [2.75, 3.05) is 11.9 Å². The lowest BCUT2D eigenvalue weighted by atomic mass is 9.78. The number of benzene rings is 3. The van der Waals surface area contributed by atoms with Crippen LogP contribution in [0.3, 0.4) is 0 Å². The molecule has 1 N–H and O–H groups in total. The van der Waals surface area contributed by atoms with Crippen LogP contribution in [-0.2, 0) is 10.2 Å². The number of nitrogens with zero attached hydrogens (tertiary/aromatic N) is 1. The molecule has 158 valence electrons. The highest BCUT2D eigenvalue weighted by molar-refractivity contribution is 7.22. The van der Waals surface area contributed by atoms with Gasteiger partial charge in [0.25, 0.3) is 5.91 Å². The van der Waals surface area contributed by atoms with Gasteiger partial charge in [-0.1, -0.05) is 73.7 Å². The van der Waals surface area contributed by atoms with Crippen LogP contribution in [0.5, 0.6) is 5.75 Å². The number of hydrogen-bond acceptors (Lipinski definition) is 4. The molecule has 0 aliphatic rings. The molecule has 0 atom stereocenters. The number of fused-ring (bicyclic) bond motifs is 1. The molecule has 0 bridgehead atoms. The fourth-order valence-corrected chi connectivity index (χ4v) is 4.51. The predicted octanol–water partition coefficient (Wildman–Crippen LogP) is 6.26. The first-order valence-corrected chi connectivity index (χ1v) is 11.1.